The quantitative estimate of drug-likeness (QED) is 0.413. The summed E-state index contributed by atoms with van der Waals surface area (Å²) in [6.45, 7) is 5.97. The molecule has 0 aliphatic heterocycles. The van der Waals surface area contributed by atoms with E-state index in [1.807, 2.05) is 38.1 Å². The first-order valence-corrected chi connectivity index (χ1v) is 10.3. The van der Waals surface area contributed by atoms with Gasteiger partial charge in [0, 0.05) is 22.6 Å². The van der Waals surface area contributed by atoms with Crippen LogP contribution >= 0.6 is 11.8 Å². The van der Waals surface area contributed by atoms with Crippen molar-refractivity contribution in [1.82, 2.24) is 19.9 Å². The lowest BCUT2D eigenvalue weighted by Gasteiger charge is -2.11. The summed E-state index contributed by atoms with van der Waals surface area (Å²) in [6, 6.07) is 16.2. The molecule has 0 saturated heterocycles. The SMILES string of the molecule is COc1ccc(-c2nnc(SCc3c(C)noc3C)n2-c2ccc(C)cc2)cc1. The summed E-state index contributed by atoms with van der Waals surface area (Å²) in [4.78, 5) is 0. The summed E-state index contributed by atoms with van der Waals surface area (Å²) in [5, 5.41) is 13.8. The van der Waals surface area contributed by atoms with Crippen molar-refractivity contribution in [2.75, 3.05) is 7.11 Å². The Morgan fingerprint density at radius 2 is 1.69 bits per heavy atom. The summed E-state index contributed by atoms with van der Waals surface area (Å²) < 4.78 is 12.7. The Hall–Kier alpha value is -3.06. The average Bonchev–Trinajstić information content (AvgIpc) is 3.30. The Morgan fingerprint density at radius 1 is 0.966 bits per heavy atom. The number of aromatic nitrogens is 4. The number of hydrogen-bond donors (Lipinski definition) is 0. The minimum Gasteiger partial charge on any atom is -0.497 e. The van der Waals surface area contributed by atoms with Gasteiger partial charge in [-0.3, -0.25) is 4.57 Å². The third-order valence-electron chi connectivity index (χ3n) is 4.80. The summed E-state index contributed by atoms with van der Waals surface area (Å²) in [7, 11) is 1.66. The fraction of sp³-hybridized carbons (Fsp3) is 0.227. The van der Waals surface area contributed by atoms with Crippen LogP contribution in [0.4, 0.5) is 0 Å². The molecule has 0 saturated carbocycles. The van der Waals surface area contributed by atoms with Gasteiger partial charge in [-0.15, -0.1) is 10.2 Å². The molecule has 4 aromatic rings. The molecule has 29 heavy (non-hydrogen) atoms. The van der Waals surface area contributed by atoms with Gasteiger partial charge in [0.1, 0.15) is 11.5 Å². The molecule has 2 aromatic heterocycles. The van der Waals surface area contributed by atoms with Crippen LogP contribution in [0.2, 0.25) is 0 Å². The van der Waals surface area contributed by atoms with Crippen LogP contribution in [0.1, 0.15) is 22.6 Å². The van der Waals surface area contributed by atoms with Crippen molar-refractivity contribution in [3.8, 4) is 22.8 Å². The van der Waals surface area contributed by atoms with Gasteiger partial charge >= 0.3 is 0 Å². The summed E-state index contributed by atoms with van der Waals surface area (Å²) >= 11 is 1.62. The number of hydrogen-bond acceptors (Lipinski definition) is 6. The highest BCUT2D eigenvalue weighted by atomic mass is 32.2. The van der Waals surface area contributed by atoms with Gasteiger partial charge in [-0.25, -0.2) is 0 Å². The normalized spacial score (nSPS) is 11.0. The Kier molecular flexibility index (Phi) is 5.40. The van der Waals surface area contributed by atoms with E-state index in [1.54, 1.807) is 18.9 Å². The molecule has 0 N–H and O–H groups in total. The van der Waals surface area contributed by atoms with Crippen LogP contribution in [-0.4, -0.2) is 27.0 Å². The molecule has 0 spiro atoms. The minimum atomic E-state index is 0.716. The Labute approximate surface area is 173 Å². The van der Waals surface area contributed by atoms with Gasteiger partial charge in [0.25, 0.3) is 0 Å². The van der Waals surface area contributed by atoms with Gasteiger partial charge in [-0.1, -0.05) is 34.6 Å². The molecule has 4 rings (SSSR count). The van der Waals surface area contributed by atoms with E-state index in [4.69, 9.17) is 9.26 Å². The lowest BCUT2D eigenvalue weighted by Crippen LogP contribution is -2.00. The molecule has 0 atom stereocenters. The number of benzene rings is 2. The molecular formula is C22H22N4O2S. The topological polar surface area (TPSA) is 66.0 Å². The van der Waals surface area contributed by atoms with Crippen LogP contribution in [0, 0.1) is 20.8 Å². The van der Waals surface area contributed by atoms with E-state index >= 15 is 0 Å². The van der Waals surface area contributed by atoms with E-state index in [-0.39, 0.29) is 0 Å². The van der Waals surface area contributed by atoms with Crippen LogP contribution in [0.25, 0.3) is 17.1 Å². The molecule has 0 aliphatic rings. The van der Waals surface area contributed by atoms with Gasteiger partial charge in [-0.2, -0.15) is 0 Å². The third-order valence-corrected chi connectivity index (χ3v) is 5.76. The molecule has 0 aliphatic carbocycles. The minimum absolute atomic E-state index is 0.716. The van der Waals surface area contributed by atoms with Crippen molar-refractivity contribution in [2.24, 2.45) is 0 Å². The molecule has 0 amide bonds. The standard InChI is InChI=1S/C22H22N4O2S/c1-14-5-9-18(10-6-14)26-21(17-7-11-19(27-4)12-8-17)23-24-22(26)29-13-20-15(2)25-28-16(20)3/h5-12H,13H2,1-4H3. The number of rotatable bonds is 6. The molecule has 0 fully saturated rings. The second-order valence-corrected chi connectivity index (χ2v) is 7.74. The van der Waals surface area contributed by atoms with E-state index in [0.717, 1.165) is 45.0 Å². The Balaban J connectivity index is 1.74. The zero-order chi connectivity index (χ0) is 20.4. The lowest BCUT2D eigenvalue weighted by atomic mass is 10.2. The fourth-order valence-corrected chi connectivity index (χ4v) is 4.17. The summed E-state index contributed by atoms with van der Waals surface area (Å²) in [6.07, 6.45) is 0. The van der Waals surface area contributed by atoms with E-state index < -0.39 is 0 Å². The second kappa shape index (κ2) is 8.13. The molecular weight excluding hydrogens is 384 g/mol. The predicted molar refractivity (Wildman–Crippen MR) is 114 cm³/mol. The zero-order valence-corrected chi connectivity index (χ0v) is 17.7. The van der Waals surface area contributed by atoms with E-state index in [2.05, 4.69) is 51.1 Å². The summed E-state index contributed by atoms with van der Waals surface area (Å²) in [5.41, 5.74) is 5.21. The van der Waals surface area contributed by atoms with E-state index in [1.165, 1.54) is 5.56 Å². The third kappa shape index (κ3) is 3.91. The monoisotopic (exact) mass is 406 g/mol. The first-order chi connectivity index (χ1) is 14.1. The highest BCUT2D eigenvalue weighted by Gasteiger charge is 2.18. The van der Waals surface area contributed by atoms with E-state index in [0.29, 0.717) is 5.75 Å². The number of methoxy groups -OCH3 is 1. The van der Waals surface area contributed by atoms with Crippen LogP contribution in [0.15, 0.2) is 58.2 Å². The number of nitrogens with zero attached hydrogens (tertiary/aromatic N) is 4. The maximum Gasteiger partial charge on any atom is 0.196 e. The predicted octanol–water partition coefficient (Wildman–Crippen LogP) is 5.15. The molecule has 148 valence electrons. The van der Waals surface area contributed by atoms with Crippen molar-refractivity contribution < 1.29 is 9.26 Å². The molecule has 2 heterocycles. The Bertz CT molecular complexity index is 1100. The van der Waals surface area contributed by atoms with Crippen LogP contribution in [0.3, 0.4) is 0 Å². The van der Waals surface area contributed by atoms with Crippen molar-refractivity contribution in [3.05, 3.63) is 71.1 Å². The number of aryl methyl sites for hydroxylation is 3. The smallest absolute Gasteiger partial charge is 0.196 e. The van der Waals surface area contributed by atoms with Crippen LogP contribution < -0.4 is 4.74 Å². The number of ether oxygens (including phenoxy) is 1. The largest absolute Gasteiger partial charge is 0.497 e. The fourth-order valence-electron chi connectivity index (χ4n) is 3.06. The number of thioether (sulfide) groups is 1. The lowest BCUT2D eigenvalue weighted by molar-refractivity contribution is 0.392. The zero-order valence-electron chi connectivity index (χ0n) is 16.8. The van der Waals surface area contributed by atoms with Gasteiger partial charge in [0.2, 0.25) is 0 Å². The van der Waals surface area contributed by atoms with Gasteiger partial charge in [0.15, 0.2) is 11.0 Å². The van der Waals surface area contributed by atoms with Gasteiger partial charge in [0.05, 0.1) is 12.8 Å². The Morgan fingerprint density at radius 3 is 2.31 bits per heavy atom. The molecule has 2 aromatic carbocycles. The average molecular weight is 407 g/mol. The first-order valence-electron chi connectivity index (χ1n) is 9.28. The van der Waals surface area contributed by atoms with Crippen molar-refractivity contribution in [3.63, 3.8) is 0 Å². The highest BCUT2D eigenvalue weighted by Crippen LogP contribution is 2.31. The van der Waals surface area contributed by atoms with E-state index in [9.17, 15) is 0 Å². The molecule has 0 radical (unpaired) electrons. The first kappa shape index (κ1) is 19.3. The molecule has 6 nitrogen and oxygen atoms in total. The van der Waals surface area contributed by atoms with Gasteiger partial charge in [-0.05, 0) is 57.2 Å². The van der Waals surface area contributed by atoms with Crippen LogP contribution in [0.5, 0.6) is 5.75 Å². The molecule has 0 bridgehead atoms. The highest BCUT2D eigenvalue weighted by molar-refractivity contribution is 7.98. The molecule has 0 unspecified atom stereocenters. The van der Waals surface area contributed by atoms with Crippen molar-refractivity contribution in [2.45, 2.75) is 31.7 Å². The maximum atomic E-state index is 5.29. The second-order valence-electron chi connectivity index (χ2n) is 6.80. The maximum absolute atomic E-state index is 5.29. The molecule has 7 heteroatoms. The summed E-state index contributed by atoms with van der Waals surface area (Å²) in [5.74, 6) is 3.15. The van der Waals surface area contributed by atoms with Gasteiger partial charge < -0.3 is 9.26 Å². The van der Waals surface area contributed by atoms with Crippen molar-refractivity contribution >= 4 is 11.8 Å². The van der Waals surface area contributed by atoms with Crippen LogP contribution in [-0.2, 0) is 5.75 Å². The van der Waals surface area contributed by atoms with Crippen molar-refractivity contribution in [1.29, 1.82) is 0 Å².